The van der Waals surface area contributed by atoms with Crippen LogP contribution in [0.4, 0.5) is 14.5 Å². The molecular weight excluding hydrogens is 434 g/mol. The normalized spacial score (nSPS) is 11.5. The second kappa shape index (κ2) is 8.43. The fourth-order valence-corrected chi connectivity index (χ4v) is 4.30. The Morgan fingerprint density at radius 3 is 2.53 bits per heavy atom. The molecule has 0 bridgehead atoms. The van der Waals surface area contributed by atoms with Crippen LogP contribution in [0.2, 0.25) is 0 Å². The lowest BCUT2D eigenvalue weighted by Gasteiger charge is -2.12. The zero-order valence-electron chi connectivity index (χ0n) is 16.5. The number of carbonyl (C=O) groups is 1. The minimum absolute atomic E-state index is 0.0238. The van der Waals surface area contributed by atoms with Gasteiger partial charge in [-0.25, -0.2) is 9.97 Å². The number of fused-ring (bicyclic) bond motifs is 5. The van der Waals surface area contributed by atoms with E-state index in [0.29, 0.717) is 5.16 Å². The Labute approximate surface area is 185 Å². The predicted octanol–water partition coefficient (Wildman–Crippen LogP) is 5.37. The van der Waals surface area contributed by atoms with Crippen LogP contribution in [-0.4, -0.2) is 32.6 Å². The van der Waals surface area contributed by atoms with Gasteiger partial charge in [-0.15, -0.1) is 0 Å². The quantitative estimate of drug-likeness (QED) is 0.278. The number of alkyl halides is 2. The number of nitrogens with zero attached hydrogens (tertiary/aromatic N) is 3. The molecule has 0 spiro atoms. The molecule has 2 aromatic heterocycles. The van der Waals surface area contributed by atoms with Crippen molar-refractivity contribution >= 4 is 50.9 Å². The first-order valence-corrected chi connectivity index (χ1v) is 10.7. The van der Waals surface area contributed by atoms with Crippen LogP contribution in [0.1, 0.15) is 0 Å². The van der Waals surface area contributed by atoms with Gasteiger partial charge in [0, 0.05) is 5.39 Å². The minimum atomic E-state index is -2.98. The molecule has 0 aliphatic rings. The lowest BCUT2D eigenvalue weighted by atomic mass is 10.2. The van der Waals surface area contributed by atoms with Gasteiger partial charge in [0.15, 0.2) is 5.16 Å². The number of halogens is 2. The summed E-state index contributed by atoms with van der Waals surface area (Å²) in [7, 11) is 0. The van der Waals surface area contributed by atoms with Crippen molar-refractivity contribution in [3.63, 3.8) is 0 Å². The Morgan fingerprint density at radius 2 is 1.69 bits per heavy atom. The van der Waals surface area contributed by atoms with Crippen molar-refractivity contribution in [1.29, 1.82) is 0 Å². The number of imidazole rings is 1. The van der Waals surface area contributed by atoms with Gasteiger partial charge in [0.05, 0.1) is 28.0 Å². The minimum Gasteiger partial charge on any atom is -0.433 e. The highest BCUT2D eigenvalue weighted by atomic mass is 32.2. The predicted molar refractivity (Wildman–Crippen MR) is 120 cm³/mol. The Morgan fingerprint density at radius 1 is 0.969 bits per heavy atom. The van der Waals surface area contributed by atoms with Crippen molar-refractivity contribution in [2.24, 2.45) is 0 Å². The molecule has 0 unspecified atom stereocenters. The van der Waals surface area contributed by atoms with Crippen LogP contribution in [-0.2, 0) is 4.79 Å². The third-order valence-electron chi connectivity index (χ3n) is 4.82. The van der Waals surface area contributed by atoms with Crippen molar-refractivity contribution in [3.8, 4) is 5.75 Å². The van der Waals surface area contributed by atoms with E-state index in [4.69, 9.17) is 9.97 Å². The number of benzene rings is 3. The summed E-state index contributed by atoms with van der Waals surface area (Å²) >= 11 is 1.24. The van der Waals surface area contributed by atoms with Gasteiger partial charge in [-0.2, -0.15) is 8.78 Å². The summed E-state index contributed by atoms with van der Waals surface area (Å²) in [5.74, 6) is -0.434. The summed E-state index contributed by atoms with van der Waals surface area (Å²) in [6.07, 6.45) is 0. The van der Waals surface area contributed by atoms with Crippen molar-refractivity contribution in [2.75, 3.05) is 11.1 Å². The van der Waals surface area contributed by atoms with Crippen LogP contribution in [0.5, 0.6) is 5.75 Å². The monoisotopic (exact) mass is 450 g/mol. The van der Waals surface area contributed by atoms with E-state index in [0.717, 1.165) is 27.6 Å². The lowest BCUT2D eigenvalue weighted by molar-refractivity contribution is -0.113. The average molecular weight is 450 g/mol. The number of para-hydroxylation sites is 5. The number of aromatic nitrogens is 3. The Kier molecular flexibility index (Phi) is 5.32. The summed E-state index contributed by atoms with van der Waals surface area (Å²) in [4.78, 5) is 22.1. The maximum atomic E-state index is 12.6. The summed E-state index contributed by atoms with van der Waals surface area (Å²) in [6.45, 7) is -2.98. The molecule has 1 N–H and O–H groups in total. The Balaban J connectivity index is 1.46. The van der Waals surface area contributed by atoms with E-state index in [9.17, 15) is 13.6 Å². The van der Waals surface area contributed by atoms with E-state index in [-0.39, 0.29) is 23.1 Å². The maximum Gasteiger partial charge on any atom is 0.387 e. The molecule has 160 valence electrons. The van der Waals surface area contributed by atoms with Crippen LogP contribution < -0.4 is 10.1 Å². The molecule has 32 heavy (non-hydrogen) atoms. The van der Waals surface area contributed by atoms with E-state index in [1.807, 2.05) is 52.9 Å². The second-order valence-corrected chi connectivity index (χ2v) is 7.83. The van der Waals surface area contributed by atoms with Gasteiger partial charge < -0.3 is 10.1 Å². The molecular formula is C23H16F2N4O2S. The molecule has 5 aromatic rings. The van der Waals surface area contributed by atoms with E-state index >= 15 is 0 Å². The van der Waals surface area contributed by atoms with Crippen LogP contribution in [0.25, 0.3) is 27.6 Å². The smallest absolute Gasteiger partial charge is 0.387 e. The molecule has 5 rings (SSSR count). The van der Waals surface area contributed by atoms with Crippen LogP contribution in [0.3, 0.4) is 0 Å². The maximum absolute atomic E-state index is 12.6. The van der Waals surface area contributed by atoms with Crippen molar-refractivity contribution in [2.45, 2.75) is 11.8 Å². The number of anilines is 1. The topological polar surface area (TPSA) is 68.5 Å². The number of rotatable bonds is 6. The fourth-order valence-electron chi connectivity index (χ4n) is 3.50. The van der Waals surface area contributed by atoms with E-state index in [1.165, 1.54) is 23.9 Å². The summed E-state index contributed by atoms with van der Waals surface area (Å²) in [6, 6.07) is 21.5. The van der Waals surface area contributed by atoms with Crippen LogP contribution in [0, 0.1) is 0 Å². The molecule has 0 aliphatic heterocycles. The number of carbonyl (C=O) groups excluding carboxylic acids is 1. The van der Waals surface area contributed by atoms with E-state index in [2.05, 4.69) is 10.1 Å². The van der Waals surface area contributed by atoms with Gasteiger partial charge in [0.25, 0.3) is 0 Å². The highest BCUT2D eigenvalue weighted by Gasteiger charge is 2.16. The summed E-state index contributed by atoms with van der Waals surface area (Å²) in [5, 5.41) is 4.15. The largest absolute Gasteiger partial charge is 0.433 e. The van der Waals surface area contributed by atoms with E-state index in [1.54, 1.807) is 12.1 Å². The molecule has 0 saturated carbocycles. The molecule has 6 nitrogen and oxygen atoms in total. The first kappa shape index (κ1) is 20.2. The molecule has 0 atom stereocenters. The van der Waals surface area contributed by atoms with Gasteiger partial charge in [-0.3, -0.25) is 9.20 Å². The fraction of sp³-hybridized carbons (Fsp3) is 0.0870. The van der Waals surface area contributed by atoms with Crippen LogP contribution in [0.15, 0.2) is 78.0 Å². The molecule has 0 radical (unpaired) electrons. The first-order chi connectivity index (χ1) is 15.6. The SMILES string of the molecule is O=C(CSc1nc2ccccc2c2nc3ccccc3n12)Nc1ccccc1OC(F)F. The molecule has 9 heteroatoms. The van der Waals surface area contributed by atoms with Gasteiger partial charge in [0.1, 0.15) is 11.4 Å². The number of hydrogen-bond acceptors (Lipinski definition) is 5. The van der Waals surface area contributed by atoms with Crippen molar-refractivity contribution in [3.05, 3.63) is 72.8 Å². The molecule has 3 aromatic carbocycles. The van der Waals surface area contributed by atoms with Crippen molar-refractivity contribution < 1.29 is 18.3 Å². The molecule has 0 saturated heterocycles. The average Bonchev–Trinajstić information content (AvgIpc) is 3.19. The van der Waals surface area contributed by atoms with Gasteiger partial charge in [-0.05, 0) is 36.4 Å². The molecule has 1 amide bonds. The molecule has 2 heterocycles. The number of ether oxygens (including phenoxy) is 1. The molecule has 0 fully saturated rings. The zero-order valence-corrected chi connectivity index (χ0v) is 17.4. The number of thioether (sulfide) groups is 1. The third kappa shape index (κ3) is 3.82. The third-order valence-corrected chi connectivity index (χ3v) is 5.76. The molecule has 0 aliphatic carbocycles. The Hall–Kier alpha value is -3.72. The summed E-state index contributed by atoms with van der Waals surface area (Å²) in [5.41, 5.74) is 3.43. The number of hydrogen-bond donors (Lipinski definition) is 1. The van der Waals surface area contributed by atoms with Gasteiger partial charge >= 0.3 is 6.61 Å². The number of nitrogens with one attached hydrogen (secondary N) is 1. The highest BCUT2D eigenvalue weighted by Crippen LogP contribution is 2.30. The first-order valence-electron chi connectivity index (χ1n) is 9.72. The Bertz CT molecular complexity index is 1450. The van der Waals surface area contributed by atoms with Crippen LogP contribution >= 0.6 is 11.8 Å². The number of amides is 1. The van der Waals surface area contributed by atoms with E-state index < -0.39 is 6.61 Å². The van der Waals surface area contributed by atoms with Crippen molar-refractivity contribution in [1.82, 2.24) is 14.4 Å². The summed E-state index contributed by atoms with van der Waals surface area (Å²) < 4.78 is 31.7. The van der Waals surface area contributed by atoms with Gasteiger partial charge in [0.2, 0.25) is 5.91 Å². The lowest BCUT2D eigenvalue weighted by Crippen LogP contribution is -2.16. The zero-order chi connectivity index (χ0) is 22.1. The van der Waals surface area contributed by atoms with Gasteiger partial charge in [-0.1, -0.05) is 48.2 Å². The highest BCUT2D eigenvalue weighted by molar-refractivity contribution is 7.99. The second-order valence-electron chi connectivity index (χ2n) is 6.88. The standard InChI is InChI=1S/C23H16F2N4O2S/c24-22(25)31-19-12-6-4-10-17(19)26-20(30)13-32-23-28-15-8-2-1-7-14(15)21-27-16-9-3-5-11-18(16)29(21)23/h1-12,22H,13H2,(H,26,30).